The number of ether oxygens (including phenoxy) is 2. The smallest absolute Gasteiger partial charge is 0.306 e. The summed E-state index contributed by atoms with van der Waals surface area (Å²) in [6.07, 6.45) is 5.60. The Morgan fingerprint density at radius 2 is 1.71 bits per heavy atom. The fraction of sp³-hybridized carbons (Fsp3) is 0.353. The molecule has 0 unspecified atom stereocenters. The number of imidazole rings is 1. The molecule has 16 nitrogen and oxygen atoms in total. The third-order valence-corrected chi connectivity index (χ3v) is 8.50. The molecule has 268 valence electrons. The summed E-state index contributed by atoms with van der Waals surface area (Å²) in [5, 5.41) is 4.35. The molecule has 17 heteroatoms. The number of anilines is 1. The second-order valence-corrected chi connectivity index (χ2v) is 13.6. The molecule has 0 atom stereocenters. The Balaban J connectivity index is 1.43. The van der Waals surface area contributed by atoms with Gasteiger partial charge < -0.3 is 31.2 Å². The number of hydrogen-bond acceptors (Lipinski definition) is 11. The molecule has 0 aliphatic heterocycles. The first-order chi connectivity index (χ1) is 24.1. The lowest BCUT2D eigenvalue weighted by Crippen LogP contribution is -2.24. The summed E-state index contributed by atoms with van der Waals surface area (Å²) in [5.74, 6) is -1.59. The maximum absolute atomic E-state index is 13.3. The number of pyridine rings is 1. The fourth-order valence-corrected chi connectivity index (χ4v) is 6.32. The Morgan fingerprint density at radius 1 is 1.00 bits per heavy atom. The highest BCUT2D eigenvalue weighted by atomic mass is 32.1. The third kappa shape index (κ3) is 8.49. The van der Waals surface area contributed by atoms with Gasteiger partial charge in [0.2, 0.25) is 17.8 Å². The van der Waals surface area contributed by atoms with Gasteiger partial charge in [-0.2, -0.15) is 10.1 Å². The highest BCUT2D eigenvalue weighted by Crippen LogP contribution is 2.30. The minimum atomic E-state index is -0.658. The zero-order valence-corrected chi connectivity index (χ0v) is 29.8. The van der Waals surface area contributed by atoms with Crippen LogP contribution in [0, 0.1) is 6.92 Å². The monoisotopic (exact) mass is 716 g/mol. The summed E-state index contributed by atoms with van der Waals surface area (Å²) < 4.78 is 17.1. The lowest BCUT2D eigenvalue weighted by Gasteiger charge is -2.19. The van der Waals surface area contributed by atoms with Crippen LogP contribution in [0.3, 0.4) is 0 Å². The van der Waals surface area contributed by atoms with Crippen molar-refractivity contribution in [1.82, 2.24) is 28.9 Å². The summed E-state index contributed by atoms with van der Waals surface area (Å²) in [5.41, 5.74) is 19.7. The van der Waals surface area contributed by atoms with Gasteiger partial charge in [0.25, 0.3) is 5.91 Å². The molecule has 0 radical (unpaired) electrons. The molecule has 5 rings (SSSR count). The molecule has 0 fully saturated rings. The van der Waals surface area contributed by atoms with Gasteiger partial charge in [0.05, 0.1) is 28.1 Å². The number of amides is 3. The van der Waals surface area contributed by atoms with Gasteiger partial charge in [0, 0.05) is 37.8 Å². The van der Waals surface area contributed by atoms with Crippen molar-refractivity contribution >= 4 is 62.4 Å². The van der Waals surface area contributed by atoms with Crippen LogP contribution in [0.2, 0.25) is 0 Å². The second-order valence-electron chi connectivity index (χ2n) is 12.6. The summed E-state index contributed by atoms with van der Waals surface area (Å²) >= 11 is 1.20. The van der Waals surface area contributed by atoms with Gasteiger partial charge in [-0.15, -0.1) is 0 Å². The number of nitrogen functional groups attached to an aromatic ring is 1. The predicted molar refractivity (Wildman–Crippen MR) is 191 cm³/mol. The Hall–Kier alpha value is -5.84. The number of carbonyl (C=O) groups excluding carboxylic acids is 4. The maximum atomic E-state index is 13.3. The number of nitrogens with zero attached hydrogens (tertiary/aromatic N) is 7. The Labute approximate surface area is 296 Å². The number of hydrogen-bond donors (Lipinski definition) is 3. The lowest BCUT2D eigenvalue weighted by molar-refractivity contribution is -0.155. The third-order valence-electron chi connectivity index (χ3n) is 7.49. The van der Waals surface area contributed by atoms with Crippen molar-refractivity contribution in [1.29, 1.82) is 0 Å². The van der Waals surface area contributed by atoms with Crippen molar-refractivity contribution in [2.75, 3.05) is 12.3 Å². The molecule has 1 aromatic carbocycles. The largest absolute Gasteiger partial charge is 0.491 e. The van der Waals surface area contributed by atoms with E-state index in [0.29, 0.717) is 56.3 Å². The molecule has 0 saturated carbocycles. The molecule has 0 saturated heterocycles. The topological polar surface area (TPSA) is 231 Å². The highest BCUT2D eigenvalue weighted by molar-refractivity contribution is 7.16. The molecule has 0 aliphatic rings. The molecule has 3 amide bonds. The van der Waals surface area contributed by atoms with Crippen molar-refractivity contribution in [2.45, 2.75) is 72.7 Å². The number of esters is 1. The van der Waals surface area contributed by atoms with E-state index >= 15 is 0 Å². The first-order valence-corrected chi connectivity index (χ1v) is 17.0. The van der Waals surface area contributed by atoms with Crippen molar-refractivity contribution in [3.8, 4) is 5.75 Å². The van der Waals surface area contributed by atoms with E-state index < -0.39 is 23.3 Å². The van der Waals surface area contributed by atoms with Crippen LogP contribution < -0.4 is 26.7 Å². The van der Waals surface area contributed by atoms with Gasteiger partial charge in [0.15, 0.2) is 10.4 Å². The lowest BCUT2D eigenvalue weighted by atomic mass is 10.1. The van der Waals surface area contributed by atoms with Gasteiger partial charge in [-0.1, -0.05) is 23.5 Å². The Bertz CT molecular complexity index is 2250. The number of allylic oxidation sites excluding steroid dienone is 2. The van der Waals surface area contributed by atoms with Crippen LogP contribution in [-0.4, -0.2) is 64.8 Å². The van der Waals surface area contributed by atoms with E-state index in [1.807, 2.05) is 19.1 Å². The van der Waals surface area contributed by atoms with Crippen molar-refractivity contribution in [3.05, 3.63) is 69.9 Å². The van der Waals surface area contributed by atoms with Crippen molar-refractivity contribution < 1.29 is 28.7 Å². The quantitative estimate of drug-likeness (QED) is 0.0915. The van der Waals surface area contributed by atoms with E-state index in [4.69, 9.17) is 26.7 Å². The average molecular weight is 717 g/mol. The van der Waals surface area contributed by atoms with Crippen LogP contribution >= 0.6 is 11.3 Å². The number of nitrogens with two attached hydrogens (primary N) is 3. The SMILES string of the molecule is CCn1nc(C)cc1C(=O)/N=c1\sc2cc(C(N)=O)cnc2n1C/C=C/Cn1c(N)nc2cc(C(N)=O)cc(OCCCC(=O)OC(C)(C)C)c21. The van der Waals surface area contributed by atoms with Crippen LogP contribution in [0.4, 0.5) is 5.95 Å². The molecule has 4 heterocycles. The van der Waals surface area contributed by atoms with Gasteiger partial charge in [-0.05, 0) is 65.3 Å². The van der Waals surface area contributed by atoms with E-state index in [0.717, 1.165) is 0 Å². The van der Waals surface area contributed by atoms with E-state index in [9.17, 15) is 19.2 Å². The summed E-state index contributed by atoms with van der Waals surface area (Å²) in [6.45, 7) is 10.3. The summed E-state index contributed by atoms with van der Waals surface area (Å²) in [7, 11) is 0. The van der Waals surface area contributed by atoms with E-state index in [1.165, 1.54) is 29.7 Å². The highest BCUT2D eigenvalue weighted by Gasteiger charge is 2.19. The van der Waals surface area contributed by atoms with Gasteiger partial charge >= 0.3 is 5.97 Å². The average Bonchev–Trinajstić information content (AvgIpc) is 3.71. The van der Waals surface area contributed by atoms with Crippen LogP contribution in [0.25, 0.3) is 21.4 Å². The number of thiazole rings is 1. The van der Waals surface area contributed by atoms with Crippen LogP contribution in [-0.2, 0) is 29.2 Å². The van der Waals surface area contributed by atoms with Gasteiger partial charge in [0.1, 0.15) is 22.6 Å². The van der Waals surface area contributed by atoms with Crippen LogP contribution in [0.1, 0.15) is 77.4 Å². The number of fused-ring (bicyclic) bond motifs is 2. The molecule has 6 N–H and O–H groups in total. The molecule has 5 aromatic rings. The van der Waals surface area contributed by atoms with Gasteiger partial charge in [-0.3, -0.25) is 28.4 Å². The summed E-state index contributed by atoms with van der Waals surface area (Å²) in [4.78, 5) is 63.1. The Kier molecular flexibility index (Phi) is 10.7. The molecule has 4 aromatic heterocycles. The summed E-state index contributed by atoms with van der Waals surface area (Å²) in [6, 6.07) is 6.36. The van der Waals surface area contributed by atoms with E-state index in [-0.39, 0.29) is 49.2 Å². The first-order valence-electron chi connectivity index (χ1n) is 16.2. The molecule has 51 heavy (non-hydrogen) atoms. The number of rotatable bonds is 13. The number of carbonyl (C=O) groups is 4. The number of aromatic nitrogens is 6. The molecular formula is C34H40N10O6S. The van der Waals surface area contributed by atoms with Crippen molar-refractivity contribution in [2.24, 2.45) is 16.5 Å². The van der Waals surface area contributed by atoms with Crippen molar-refractivity contribution in [3.63, 3.8) is 0 Å². The molecular weight excluding hydrogens is 677 g/mol. The van der Waals surface area contributed by atoms with Crippen LogP contribution in [0.15, 0.2) is 47.6 Å². The molecule has 0 spiro atoms. The van der Waals surface area contributed by atoms with Gasteiger partial charge in [-0.25, -0.2) is 9.97 Å². The van der Waals surface area contributed by atoms with E-state index in [2.05, 4.69) is 20.1 Å². The predicted octanol–water partition coefficient (Wildman–Crippen LogP) is 3.25. The molecule has 0 bridgehead atoms. The fourth-order valence-electron chi connectivity index (χ4n) is 5.28. The van der Waals surface area contributed by atoms with Crippen LogP contribution in [0.5, 0.6) is 5.75 Å². The standard InChI is InChI=1S/C34H40N10O6S/c1-6-44-23(14-19(2)41-44)31(48)40-33-43(30-25(51-33)17-21(18-38-30)29(36)47)12-8-7-11-42-27-22(39-32(42)37)15-20(28(35)46)16-24(27)49-13-9-10-26(45)50-34(3,4)5/h7-8,14-18H,6,9-13H2,1-5H3,(H2,35,46)(H2,36,47)(H2,37,39)/b8-7+,40-33-. The first kappa shape index (κ1) is 36.4. The minimum Gasteiger partial charge on any atom is -0.491 e. The normalized spacial score (nSPS) is 12.3. The zero-order chi connectivity index (χ0) is 37.0. The van der Waals surface area contributed by atoms with E-state index in [1.54, 1.807) is 53.6 Å². The zero-order valence-electron chi connectivity index (χ0n) is 29.0. The number of primary amides is 2. The maximum Gasteiger partial charge on any atom is 0.306 e. The minimum absolute atomic E-state index is 0.148. The second kappa shape index (κ2) is 15.0. The number of aryl methyl sites for hydroxylation is 2. The Morgan fingerprint density at radius 3 is 2.37 bits per heavy atom. The number of benzene rings is 1. The molecule has 0 aliphatic carbocycles.